The van der Waals surface area contributed by atoms with Gasteiger partial charge in [0.1, 0.15) is 19.8 Å². The Kier molecular flexibility index (Phi) is 24.6. The van der Waals surface area contributed by atoms with Crippen molar-refractivity contribution in [3.8, 4) is 0 Å². The van der Waals surface area contributed by atoms with E-state index in [0.717, 1.165) is 64.2 Å². The highest BCUT2D eigenvalue weighted by Crippen LogP contribution is 2.43. The average molecular weight is 617 g/mol. The Labute approximate surface area is 255 Å². The van der Waals surface area contributed by atoms with Crippen LogP contribution in [0.2, 0.25) is 0 Å². The van der Waals surface area contributed by atoms with Gasteiger partial charge < -0.3 is 18.9 Å². The summed E-state index contributed by atoms with van der Waals surface area (Å²) in [5.41, 5.74) is 0. The van der Waals surface area contributed by atoms with Crippen LogP contribution in [0.15, 0.2) is 36.5 Å². The summed E-state index contributed by atoms with van der Waals surface area (Å²) in [6.45, 7) is 4.06. The van der Waals surface area contributed by atoms with Crippen LogP contribution in [0.25, 0.3) is 0 Å². The number of quaternary nitrogens is 1. The molecule has 10 heteroatoms. The number of phosphoric ester groups is 1. The summed E-state index contributed by atoms with van der Waals surface area (Å²) >= 11 is 0. The van der Waals surface area contributed by atoms with Crippen molar-refractivity contribution < 1.29 is 42.1 Å². The zero-order valence-corrected chi connectivity index (χ0v) is 27.9. The third-order valence-electron chi connectivity index (χ3n) is 6.18. The Balaban J connectivity index is 4.39. The molecule has 9 nitrogen and oxygen atoms in total. The fraction of sp³-hybridized carbons (Fsp3) is 0.750. The fourth-order valence-corrected chi connectivity index (χ4v) is 4.41. The van der Waals surface area contributed by atoms with Gasteiger partial charge in [0.25, 0.3) is 0 Å². The first-order chi connectivity index (χ1) is 20.0. The van der Waals surface area contributed by atoms with E-state index in [2.05, 4.69) is 43.4 Å². The number of hydrogen-bond acceptors (Lipinski definition) is 7. The van der Waals surface area contributed by atoms with Crippen LogP contribution < -0.4 is 0 Å². The Morgan fingerprint density at radius 1 is 0.762 bits per heavy atom. The second kappa shape index (κ2) is 25.7. The van der Waals surface area contributed by atoms with Crippen molar-refractivity contribution in [1.29, 1.82) is 0 Å². The van der Waals surface area contributed by atoms with Gasteiger partial charge in [-0.05, 0) is 44.9 Å². The third kappa shape index (κ3) is 28.4. The Morgan fingerprint density at radius 3 is 2.02 bits per heavy atom. The highest BCUT2D eigenvalue weighted by molar-refractivity contribution is 7.47. The summed E-state index contributed by atoms with van der Waals surface area (Å²) in [7, 11) is 1.45. The quantitative estimate of drug-likeness (QED) is 0.0333. The van der Waals surface area contributed by atoms with E-state index in [1.807, 2.05) is 28.1 Å². The topological polar surface area (TPSA) is 108 Å². The van der Waals surface area contributed by atoms with Crippen molar-refractivity contribution in [2.24, 2.45) is 0 Å². The molecule has 0 aliphatic rings. The van der Waals surface area contributed by atoms with Gasteiger partial charge >= 0.3 is 19.8 Å². The lowest BCUT2D eigenvalue weighted by Crippen LogP contribution is -2.37. The number of esters is 2. The second-order valence-electron chi connectivity index (χ2n) is 11.5. The van der Waals surface area contributed by atoms with E-state index >= 15 is 0 Å². The number of likely N-dealkylation sites (N-methyl/N-ethyl adjacent to an activating group) is 1. The van der Waals surface area contributed by atoms with E-state index in [-0.39, 0.29) is 26.1 Å². The number of carbonyl (C=O) groups is 2. The van der Waals surface area contributed by atoms with Crippen LogP contribution in [0.5, 0.6) is 0 Å². The van der Waals surface area contributed by atoms with Gasteiger partial charge in [0, 0.05) is 12.8 Å². The van der Waals surface area contributed by atoms with Gasteiger partial charge in [-0.15, -0.1) is 0 Å². The number of nitrogens with zero attached hydrogens (tertiary/aromatic N) is 1. The molecule has 0 saturated carbocycles. The lowest BCUT2D eigenvalue weighted by molar-refractivity contribution is -0.870. The van der Waals surface area contributed by atoms with Crippen LogP contribution >= 0.6 is 7.82 Å². The lowest BCUT2D eigenvalue weighted by atomic mass is 10.1. The van der Waals surface area contributed by atoms with Crippen molar-refractivity contribution in [2.45, 2.75) is 110 Å². The molecule has 0 rings (SSSR count). The molecule has 0 radical (unpaired) electrons. The molecule has 1 N–H and O–H groups in total. The summed E-state index contributed by atoms with van der Waals surface area (Å²) in [6, 6.07) is 0. The van der Waals surface area contributed by atoms with Crippen LogP contribution in [0.4, 0.5) is 0 Å². The maximum atomic E-state index is 12.4. The summed E-state index contributed by atoms with van der Waals surface area (Å²) < 4.78 is 33.6. The molecule has 0 aromatic rings. The Bertz CT molecular complexity index is 835. The Hall–Kier alpha value is -1.77. The van der Waals surface area contributed by atoms with Gasteiger partial charge in [-0.2, -0.15) is 0 Å². The Morgan fingerprint density at radius 2 is 1.36 bits per heavy atom. The first kappa shape index (κ1) is 40.2. The van der Waals surface area contributed by atoms with E-state index in [0.29, 0.717) is 23.9 Å². The first-order valence-corrected chi connectivity index (χ1v) is 17.2. The van der Waals surface area contributed by atoms with Gasteiger partial charge in [-0.25, -0.2) is 4.57 Å². The number of unbranched alkanes of at least 4 members (excludes halogenated alkanes) is 7. The van der Waals surface area contributed by atoms with E-state index in [9.17, 15) is 19.0 Å². The molecule has 1 unspecified atom stereocenters. The van der Waals surface area contributed by atoms with Crippen LogP contribution in [-0.4, -0.2) is 74.9 Å². The predicted octanol–water partition coefficient (Wildman–Crippen LogP) is 7.45. The van der Waals surface area contributed by atoms with Crippen molar-refractivity contribution in [2.75, 3.05) is 47.5 Å². The molecule has 0 saturated heterocycles. The van der Waals surface area contributed by atoms with Crippen molar-refractivity contribution >= 4 is 19.8 Å². The smallest absolute Gasteiger partial charge is 0.462 e. The maximum Gasteiger partial charge on any atom is 0.472 e. The molecule has 0 aliphatic heterocycles. The normalized spacial score (nSPS) is 14.5. The molecule has 0 fully saturated rings. The molecular weight excluding hydrogens is 557 g/mol. The van der Waals surface area contributed by atoms with Crippen LogP contribution in [0.3, 0.4) is 0 Å². The summed E-state index contributed by atoms with van der Waals surface area (Å²) in [5.74, 6) is -0.854. The van der Waals surface area contributed by atoms with Gasteiger partial charge in [-0.1, -0.05) is 82.4 Å². The van der Waals surface area contributed by atoms with Gasteiger partial charge in [-0.3, -0.25) is 18.6 Å². The van der Waals surface area contributed by atoms with Crippen LogP contribution in [-0.2, 0) is 32.7 Å². The number of hydrogen-bond donors (Lipinski definition) is 1. The molecule has 0 aliphatic carbocycles. The van der Waals surface area contributed by atoms with Gasteiger partial charge in [0.05, 0.1) is 27.7 Å². The predicted molar refractivity (Wildman–Crippen MR) is 169 cm³/mol. The number of phosphoric acid groups is 1. The number of ether oxygens (including phenoxy) is 2. The standard InChI is InChI=1S/C32H58NO8P/c1-6-8-10-11-12-13-14-15-16-17-18-19-20-21-23-25-32(35)41-30(28-38-31(34)24-22-9-7-2)29-40-42(36,37)39-27-26-33(3,4)5/h8,10,12-13,15-16,30H,6-7,9,11,14,17-29H2,1-5H3/p+1/b10-8-,13-12-,16-15-/t30-/m1/s1. The minimum atomic E-state index is -4.35. The summed E-state index contributed by atoms with van der Waals surface area (Å²) in [6.07, 6.45) is 24.2. The van der Waals surface area contributed by atoms with Crippen molar-refractivity contribution in [3.05, 3.63) is 36.5 Å². The first-order valence-electron chi connectivity index (χ1n) is 15.7. The monoisotopic (exact) mass is 616 g/mol. The third-order valence-corrected chi connectivity index (χ3v) is 7.17. The molecule has 244 valence electrons. The lowest BCUT2D eigenvalue weighted by Gasteiger charge is -2.24. The highest BCUT2D eigenvalue weighted by atomic mass is 31.2. The van der Waals surface area contributed by atoms with Gasteiger partial charge in [0.2, 0.25) is 0 Å². The molecule has 0 spiro atoms. The van der Waals surface area contributed by atoms with Crippen molar-refractivity contribution in [1.82, 2.24) is 0 Å². The minimum Gasteiger partial charge on any atom is -0.462 e. The molecule has 0 heterocycles. The number of rotatable bonds is 27. The fourth-order valence-electron chi connectivity index (χ4n) is 3.67. The van der Waals surface area contributed by atoms with Gasteiger partial charge in [0.15, 0.2) is 6.10 Å². The number of carbonyl (C=O) groups excluding carboxylic acids is 2. The van der Waals surface area contributed by atoms with E-state index in [1.54, 1.807) is 0 Å². The SMILES string of the molecule is CC/C=C\C/C=C\C/C=C\CCCCCCCC(=O)O[C@H](COC(=O)CCCCC)COP(=O)(O)OCC[N+](C)(C)C. The summed E-state index contributed by atoms with van der Waals surface area (Å²) in [4.78, 5) is 34.5. The highest BCUT2D eigenvalue weighted by Gasteiger charge is 2.27. The van der Waals surface area contributed by atoms with E-state index in [1.165, 1.54) is 0 Å². The second-order valence-corrected chi connectivity index (χ2v) is 12.9. The van der Waals surface area contributed by atoms with E-state index in [4.69, 9.17) is 18.5 Å². The maximum absolute atomic E-state index is 12.4. The van der Waals surface area contributed by atoms with Crippen LogP contribution in [0, 0.1) is 0 Å². The molecule has 42 heavy (non-hydrogen) atoms. The van der Waals surface area contributed by atoms with Crippen LogP contribution in [0.1, 0.15) is 104 Å². The molecule has 2 atom stereocenters. The molecule has 0 aromatic carbocycles. The average Bonchev–Trinajstić information content (AvgIpc) is 2.91. The zero-order chi connectivity index (χ0) is 31.5. The molecule has 0 aromatic heterocycles. The zero-order valence-electron chi connectivity index (χ0n) is 27.0. The number of allylic oxidation sites excluding steroid dienone is 6. The molecular formula is C32H59NO8P+. The van der Waals surface area contributed by atoms with Crippen molar-refractivity contribution in [3.63, 3.8) is 0 Å². The molecule has 0 amide bonds. The summed E-state index contributed by atoms with van der Waals surface area (Å²) in [5, 5.41) is 0. The van der Waals surface area contributed by atoms with E-state index < -0.39 is 32.5 Å². The minimum absolute atomic E-state index is 0.0268. The molecule has 0 bridgehead atoms. The largest absolute Gasteiger partial charge is 0.472 e.